The first-order valence-electron chi connectivity index (χ1n) is 8.70. The van der Waals surface area contributed by atoms with Gasteiger partial charge in [0.25, 0.3) is 10.2 Å². The topological polar surface area (TPSA) is 62.7 Å². The third-order valence-electron chi connectivity index (χ3n) is 4.70. The molecule has 0 spiro atoms. The number of para-hydroxylation sites is 1. The van der Waals surface area contributed by atoms with E-state index in [2.05, 4.69) is 0 Å². The predicted molar refractivity (Wildman–Crippen MR) is 101 cm³/mol. The number of methoxy groups -OCH3 is 1. The number of rotatable bonds is 6. The number of aromatic nitrogens is 1. The van der Waals surface area contributed by atoms with Gasteiger partial charge >= 0.3 is 0 Å². The van der Waals surface area contributed by atoms with Gasteiger partial charge in [0.05, 0.1) is 18.8 Å². The number of nitrogens with zero attached hydrogens (tertiary/aromatic N) is 3. The molecule has 1 atom stereocenters. The maximum atomic E-state index is 12.6. The molecule has 0 radical (unpaired) electrons. The van der Waals surface area contributed by atoms with Gasteiger partial charge < -0.3 is 4.74 Å². The third-order valence-corrected chi connectivity index (χ3v) is 6.65. The van der Waals surface area contributed by atoms with Crippen molar-refractivity contribution < 1.29 is 13.2 Å². The van der Waals surface area contributed by atoms with Gasteiger partial charge in [0.1, 0.15) is 5.75 Å². The standard InChI is InChI=1S/C19H25N3O3S/c1-21(2)26(23,24)22-13-7-11-18(22)17-10-6-9-16(20-17)14-15-8-4-5-12-19(15)25-3/h4-6,8-10,12,18H,7,11,13-14H2,1-3H3/t18-/m1/s1. The van der Waals surface area contributed by atoms with Crippen molar-refractivity contribution in [2.45, 2.75) is 25.3 Å². The summed E-state index contributed by atoms with van der Waals surface area (Å²) in [5.41, 5.74) is 2.77. The molecular formula is C19H25N3O3S. The van der Waals surface area contributed by atoms with Gasteiger partial charge in [-0.25, -0.2) is 0 Å². The lowest BCUT2D eigenvalue weighted by atomic mass is 10.1. The zero-order chi connectivity index (χ0) is 18.7. The first-order valence-corrected chi connectivity index (χ1v) is 10.1. The smallest absolute Gasteiger partial charge is 0.282 e. The fourth-order valence-corrected chi connectivity index (χ4v) is 4.66. The first-order chi connectivity index (χ1) is 12.4. The van der Waals surface area contributed by atoms with E-state index in [0.29, 0.717) is 13.0 Å². The summed E-state index contributed by atoms with van der Waals surface area (Å²) in [5.74, 6) is 0.831. The molecule has 140 valence electrons. The Balaban J connectivity index is 1.87. The fourth-order valence-electron chi connectivity index (χ4n) is 3.35. The maximum Gasteiger partial charge on any atom is 0.282 e. The lowest BCUT2D eigenvalue weighted by Gasteiger charge is -2.26. The van der Waals surface area contributed by atoms with Crippen LogP contribution in [0.1, 0.15) is 35.8 Å². The van der Waals surface area contributed by atoms with Crippen LogP contribution in [0, 0.1) is 0 Å². The summed E-state index contributed by atoms with van der Waals surface area (Å²) in [6.07, 6.45) is 2.28. The van der Waals surface area contributed by atoms with Gasteiger partial charge in [-0.05, 0) is 31.0 Å². The number of pyridine rings is 1. The van der Waals surface area contributed by atoms with E-state index < -0.39 is 10.2 Å². The van der Waals surface area contributed by atoms with Crippen LogP contribution in [-0.4, -0.2) is 49.8 Å². The van der Waals surface area contributed by atoms with E-state index in [0.717, 1.165) is 35.5 Å². The van der Waals surface area contributed by atoms with Gasteiger partial charge in [0, 0.05) is 38.3 Å². The predicted octanol–water partition coefficient (Wildman–Crippen LogP) is 2.62. The minimum Gasteiger partial charge on any atom is -0.496 e. The summed E-state index contributed by atoms with van der Waals surface area (Å²) >= 11 is 0. The molecule has 1 fully saturated rings. The fraction of sp³-hybridized carbons (Fsp3) is 0.421. The molecule has 7 heteroatoms. The SMILES string of the molecule is COc1ccccc1Cc1cccc([C@H]2CCCN2S(=O)(=O)N(C)C)n1. The van der Waals surface area contributed by atoms with Crippen molar-refractivity contribution in [2.75, 3.05) is 27.7 Å². The molecule has 1 aliphatic heterocycles. The van der Waals surface area contributed by atoms with Crippen LogP contribution < -0.4 is 4.74 Å². The summed E-state index contributed by atoms with van der Waals surface area (Å²) in [5, 5.41) is 0. The summed E-state index contributed by atoms with van der Waals surface area (Å²) in [6, 6.07) is 13.5. The van der Waals surface area contributed by atoms with Crippen LogP contribution >= 0.6 is 0 Å². The molecule has 0 saturated carbocycles. The van der Waals surface area contributed by atoms with Crippen molar-refractivity contribution in [1.82, 2.24) is 13.6 Å². The molecular weight excluding hydrogens is 350 g/mol. The van der Waals surface area contributed by atoms with Crippen molar-refractivity contribution >= 4 is 10.2 Å². The van der Waals surface area contributed by atoms with Crippen molar-refractivity contribution in [2.24, 2.45) is 0 Å². The van der Waals surface area contributed by atoms with E-state index in [9.17, 15) is 8.42 Å². The second-order valence-corrected chi connectivity index (χ2v) is 8.70. The molecule has 3 rings (SSSR count). The van der Waals surface area contributed by atoms with Gasteiger partial charge in [0.15, 0.2) is 0 Å². The van der Waals surface area contributed by atoms with Gasteiger partial charge in [0.2, 0.25) is 0 Å². The second-order valence-electron chi connectivity index (χ2n) is 6.60. The van der Waals surface area contributed by atoms with Crippen LogP contribution in [-0.2, 0) is 16.6 Å². The van der Waals surface area contributed by atoms with Crippen LogP contribution in [0.5, 0.6) is 5.75 Å². The Bertz CT molecular complexity index is 868. The summed E-state index contributed by atoms with van der Waals surface area (Å²) < 4.78 is 33.4. The molecule has 0 bridgehead atoms. The molecule has 2 aromatic rings. The van der Waals surface area contributed by atoms with Crippen LogP contribution in [0.2, 0.25) is 0 Å². The largest absolute Gasteiger partial charge is 0.496 e. The monoisotopic (exact) mass is 375 g/mol. The van der Waals surface area contributed by atoms with Crippen molar-refractivity contribution in [1.29, 1.82) is 0 Å². The average molecular weight is 375 g/mol. The van der Waals surface area contributed by atoms with E-state index in [4.69, 9.17) is 9.72 Å². The number of hydrogen-bond acceptors (Lipinski definition) is 4. The van der Waals surface area contributed by atoms with Crippen LogP contribution in [0.15, 0.2) is 42.5 Å². The van der Waals surface area contributed by atoms with Gasteiger partial charge in [-0.15, -0.1) is 0 Å². The highest BCUT2D eigenvalue weighted by atomic mass is 32.2. The van der Waals surface area contributed by atoms with E-state index in [1.807, 2.05) is 42.5 Å². The third kappa shape index (κ3) is 3.75. The zero-order valence-corrected chi connectivity index (χ0v) is 16.2. The van der Waals surface area contributed by atoms with Crippen LogP contribution in [0.25, 0.3) is 0 Å². The number of benzene rings is 1. The zero-order valence-electron chi connectivity index (χ0n) is 15.4. The molecule has 0 N–H and O–H groups in total. The Kier molecular flexibility index (Phi) is 5.60. The van der Waals surface area contributed by atoms with Crippen LogP contribution in [0.3, 0.4) is 0 Å². The summed E-state index contributed by atoms with van der Waals surface area (Å²) in [4.78, 5) is 4.77. The van der Waals surface area contributed by atoms with Crippen molar-refractivity contribution in [3.05, 3.63) is 59.4 Å². The second kappa shape index (κ2) is 7.73. The number of ether oxygens (including phenoxy) is 1. The highest BCUT2D eigenvalue weighted by Crippen LogP contribution is 2.34. The first kappa shape index (κ1) is 18.8. The molecule has 1 aliphatic rings. The van der Waals surface area contributed by atoms with E-state index in [-0.39, 0.29) is 6.04 Å². The Hall–Kier alpha value is -1.96. The van der Waals surface area contributed by atoms with Gasteiger partial charge in [-0.1, -0.05) is 24.3 Å². The average Bonchev–Trinajstić information content (AvgIpc) is 3.13. The molecule has 0 amide bonds. The van der Waals surface area contributed by atoms with E-state index in [1.165, 1.54) is 4.31 Å². The highest BCUT2D eigenvalue weighted by Gasteiger charge is 2.37. The normalized spacial score (nSPS) is 18.4. The molecule has 0 unspecified atom stereocenters. The Morgan fingerprint density at radius 3 is 2.69 bits per heavy atom. The van der Waals surface area contributed by atoms with Gasteiger partial charge in [-0.2, -0.15) is 17.0 Å². The Labute approximate surface area is 155 Å². The lowest BCUT2D eigenvalue weighted by Crippen LogP contribution is -2.39. The molecule has 2 heterocycles. The molecule has 1 aromatic carbocycles. The molecule has 0 aliphatic carbocycles. The quantitative estimate of drug-likeness (QED) is 0.779. The summed E-state index contributed by atoms with van der Waals surface area (Å²) in [6.45, 7) is 0.531. The molecule has 1 aromatic heterocycles. The lowest BCUT2D eigenvalue weighted by molar-refractivity contribution is 0.357. The highest BCUT2D eigenvalue weighted by molar-refractivity contribution is 7.86. The molecule has 26 heavy (non-hydrogen) atoms. The van der Waals surface area contributed by atoms with Crippen LogP contribution in [0.4, 0.5) is 0 Å². The van der Waals surface area contributed by atoms with Crippen molar-refractivity contribution in [3.8, 4) is 5.75 Å². The minimum absolute atomic E-state index is 0.208. The van der Waals surface area contributed by atoms with Gasteiger partial charge in [-0.3, -0.25) is 4.98 Å². The van der Waals surface area contributed by atoms with Crippen molar-refractivity contribution in [3.63, 3.8) is 0 Å². The Morgan fingerprint density at radius 1 is 1.19 bits per heavy atom. The molecule has 1 saturated heterocycles. The van der Waals surface area contributed by atoms with E-state index >= 15 is 0 Å². The Morgan fingerprint density at radius 2 is 1.96 bits per heavy atom. The molecule has 6 nitrogen and oxygen atoms in total. The number of hydrogen-bond donors (Lipinski definition) is 0. The maximum absolute atomic E-state index is 12.6. The minimum atomic E-state index is -3.45. The van der Waals surface area contributed by atoms with E-state index in [1.54, 1.807) is 25.5 Å². The summed E-state index contributed by atoms with van der Waals surface area (Å²) in [7, 11) is 1.34.